The first-order chi connectivity index (χ1) is 5.72. The fraction of sp³-hybridized carbons (Fsp3) is 0.400. The van der Waals surface area contributed by atoms with Crippen LogP contribution in [0.1, 0.15) is 30.1 Å². The van der Waals surface area contributed by atoms with E-state index in [-0.39, 0.29) is 5.92 Å². The molecule has 0 unspecified atom stereocenters. The molecule has 2 rings (SSSR count). The highest BCUT2D eigenvalue weighted by molar-refractivity contribution is 5.38. The van der Waals surface area contributed by atoms with E-state index in [1.165, 1.54) is 0 Å². The second kappa shape index (κ2) is 2.57. The summed E-state index contributed by atoms with van der Waals surface area (Å²) in [5, 5.41) is 19.1. The van der Waals surface area contributed by atoms with Crippen LogP contribution in [0.4, 0.5) is 0 Å². The van der Waals surface area contributed by atoms with Gasteiger partial charge in [0, 0.05) is 5.92 Å². The minimum Gasteiger partial charge on any atom is -0.389 e. The van der Waals surface area contributed by atoms with E-state index in [1.54, 1.807) is 0 Å². The Hall–Kier alpha value is -0.860. The van der Waals surface area contributed by atoms with E-state index in [0.717, 1.165) is 11.1 Å². The maximum absolute atomic E-state index is 9.57. The Balaban J connectivity index is 2.52. The minimum atomic E-state index is -0.698. The lowest BCUT2D eigenvalue weighted by molar-refractivity contribution is 0.0202. The lowest BCUT2D eigenvalue weighted by atomic mass is 10.0. The van der Waals surface area contributed by atoms with E-state index in [2.05, 4.69) is 0 Å². The molecule has 0 radical (unpaired) electrons. The van der Waals surface area contributed by atoms with Crippen molar-refractivity contribution in [2.45, 2.75) is 25.0 Å². The van der Waals surface area contributed by atoms with Crippen molar-refractivity contribution in [1.29, 1.82) is 0 Å². The molecule has 1 aromatic rings. The molecule has 0 fully saturated rings. The van der Waals surface area contributed by atoms with Gasteiger partial charge in [0.25, 0.3) is 0 Å². The van der Waals surface area contributed by atoms with Gasteiger partial charge in [0.2, 0.25) is 0 Å². The zero-order chi connectivity index (χ0) is 8.72. The number of aliphatic hydroxyl groups is 2. The average Bonchev–Trinajstić information content (AvgIpc) is 2.33. The summed E-state index contributed by atoms with van der Waals surface area (Å²) in [5.74, 6) is 0.0520. The second-order valence-corrected chi connectivity index (χ2v) is 3.35. The van der Waals surface area contributed by atoms with Crippen LogP contribution in [0.3, 0.4) is 0 Å². The normalized spacial score (nSPS) is 33.4. The largest absolute Gasteiger partial charge is 0.389 e. The molecule has 0 aliphatic heterocycles. The van der Waals surface area contributed by atoms with Gasteiger partial charge in [-0.1, -0.05) is 31.2 Å². The third-order valence-corrected chi connectivity index (χ3v) is 2.64. The number of aliphatic hydroxyl groups excluding tert-OH is 2. The molecule has 0 saturated heterocycles. The van der Waals surface area contributed by atoms with Crippen molar-refractivity contribution in [3.63, 3.8) is 0 Å². The average molecular weight is 164 g/mol. The van der Waals surface area contributed by atoms with Gasteiger partial charge in [-0.2, -0.15) is 0 Å². The quantitative estimate of drug-likeness (QED) is 0.604. The van der Waals surface area contributed by atoms with E-state index in [0.29, 0.717) is 0 Å². The van der Waals surface area contributed by atoms with Crippen molar-refractivity contribution in [2.75, 3.05) is 0 Å². The Bertz CT molecular complexity index is 267. The van der Waals surface area contributed by atoms with Gasteiger partial charge >= 0.3 is 0 Å². The van der Waals surface area contributed by atoms with Crippen LogP contribution in [0.25, 0.3) is 0 Å². The first-order valence-corrected chi connectivity index (χ1v) is 4.17. The zero-order valence-corrected chi connectivity index (χ0v) is 6.94. The van der Waals surface area contributed by atoms with E-state index in [1.807, 2.05) is 31.2 Å². The predicted molar refractivity (Wildman–Crippen MR) is 45.8 cm³/mol. The van der Waals surface area contributed by atoms with Crippen molar-refractivity contribution >= 4 is 0 Å². The van der Waals surface area contributed by atoms with Crippen LogP contribution in [0.15, 0.2) is 24.3 Å². The molecule has 0 aromatic heterocycles. The van der Waals surface area contributed by atoms with Gasteiger partial charge in [0.1, 0.15) is 6.10 Å². The van der Waals surface area contributed by atoms with Crippen LogP contribution in [0, 0.1) is 0 Å². The van der Waals surface area contributed by atoms with Crippen LogP contribution in [0.5, 0.6) is 0 Å². The van der Waals surface area contributed by atoms with E-state index < -0.39 is 12.2 Å². The Labute approximate surface area is 71.5 Å². The molecule has 1 aliphatic carbocycles. The molecule has 2 N–H and O–H groups in total. The highest BCUT2D eigenvalue weighted by atomic mass is 16.3. The van der Waals surface area contributed by atoms with Crippen LogP contribution in [-0.2, 0) is 0 Å². The van der Waals surface area contributed by atoms with Gasteiger partial charge in [-0.05, 0) is 11.1 Å². The summed E-state index contributed by atoms with van der Waals surface area (Å²) in [6, 6.07) is 7.64. The molecule has 12 heavy (non-hydrogen) atoms. The summed E-state index contributed by atoms with van der Waals surface area (Å²) in [4.78, 5) is 0. The molecular formula is C10H12O2. The summed E-state index contributed by atoms with van der Waals surface area (Å²) in [7, 11) is 0. The van der Waals surface area contributed by atoms with E-state index in [9.17, 15) is 10.2 Å². The van der Waals surface area contributed by atoms with Gasteiger partial charge in [-0.25, -0.2) is 0 Å². The molecule has 0 amide bonds. The molecule has 2 heteroatoms. The fourth-order valence-electron chi connectivity index (χ4n) is 1.84. The van der Waals surface area contributed by atoms with Gasteiger partial charge in [-0.15, -0.1) is 0 Å². The lowest BCUT2D eigenvalue weighted by Gasteiger charge is -2.11. The topological polar surface area (TPSA) is 40.5 Å². The van der Waals surface area contributed by atoms with Crippen molar-refractivity contribution in [2.24, 2.45) is 0 Å². The molecule has 64 valence electrons. The molecule has 1 aromatic carbocycles. The highest BCUT2D eigenvalue weighted by Gasteiger charge is 2.35. The molecule has 3 atom stereocenters. The van der Waals surface area contributed by atoms with Gasteiger partial charge in [0.05, 0.1) is 6.10 Å². The standard InChI is InChI=1S/C10H12O2/c1-6-7-4-2-3-5-8(7)10(12)9(6)11/h2-6,9-12H,1H3/t6-,9-,10+/m1/s1. The Morgan fingerprint density at radius 3 is 2.25 bits per heavy atom. The SMILES string of the molecule is C[C@@H]1c2ccccc2[C@H](O)[C@@H]1O. The molecule has 0 heterocycles. The van der Waals surface area contributed by atoms with Crippen LogP contribution in [-0.4, -0.2) is 16.3 Å². The van der Waals surface area contributed by atoms with Gasteiger partial charge < -0.3 is 10.2 Å². The van der Waals surface area contributed by atoms with Crippen molar-refractivity contribution in [3.8, 4) is 0 Å². The third kappa shape index (κ3) is 0.886. The highest BCUT2D eigenvalue weighted by Crippen LogP contribution is 2.39. The van der Waals surface area contributed by atoms with Crippen LogP contribution < -0.4 is 0 Å². The van der Waals surface area contributed by atoms with Gasteiger partial charge in [0.15, 0.2) is 0 Å². The summed E-state index contributed by atoms with van der Waals surface area (Å²) in [6.45, 7) is 1.93. The zero-order valence-electron chi connectivity index (χ0n) is 6.94. The van der Waals surface area contributed by atoms with E-state index >= 15 is 0 Å². The lowest BCUT2D eigenvalue weighted by Crippen LogP contribution is -2.15. The summed E-state index contributed by atoms with van der Waals surface area (Å²) >= 11 is 0. The number of rotatable bonds is 0. The monoisotopic (exact) mass is 164 g/mol. The maximum atomic E-state index is 9.57. The molecule has 1 aliphatic rings. The Kier molecular flexibility index (Phi) is 1.67. The molecule has 0 spiro atoms. The number of benzene rings is 1. The Morgan fingerprint density at radius 2 is 1.67 bits per heavy atom. The van der Waals surface area contributed by atoms with Crippen molar-refractivity contribution in [3.05, 3.63) is 35.4 Å². The predicted octanol–water partition coefficient (Wildman–Crippen LogP) is 1.20. The smallest absolute Gasteiger partial charge is 0.106 e. The summed E-state index contributed by atoms with van der Waals surface area (Å²) in [5.41, 5.74) is 1.94. The first-order valence-electron chi connectivity index (χ1n) is 4.17. The summed E-state index contributed by atoms with van der Waals surface area (Å²) in [6.07, 6.45) is -1.33. The minimum absolute atomic E-state index is 0.0520. The van der Waals surface area contributed by atoms with Crippen molar-refractivity contribution < 1.29 is 10.2 Å². The molecular weight excluding hydrogens is 152 g/mol. The Morgan fingerprint density at radius 1 is 1.08 bits per heavy atom. The molecule has 0 saturated carbocycles. The van der Waals surface area contributed by atoms with Crippen molar-refractivity contribution in [1.82, 2.24) is 0 Å². The maximum Gasteiger partial charge on any atom is 0.106 e. The number of hydrogen-bond donors (Lipinski definition) is 2. The second-order valence-electron chi connectivity index (χ2n) is 3.35. The number of fused-ring (bicyclic) bond motifs is 1. The van der Waals surface area contributed by atoms with Crippen LogP contribution >= 0.6 is 0 Å². The van der Waals surface area contributed by atoms with Crippen LogP contribution in [0.2, 0.25) is 0 Å². The fourth-order valence-corrected chi connectivity index (χ4v) is 1.84. The third-order valence-electron chi connectivity index (χ3n) is 2.64. The van der Waals surface area contributed by atoms with E-state index in [4.69, 9.17) is 0 Å². The number of hydrogen-bond acceptors (Lipinski definition) is 2. The molecule has 2 nitrogen and oxygen atoms in total. The molecule has 0 bridgehead atoms. The first kappa shape index (κ1) is 7.77. The summed E-state index contributed by atoms with van der Waals surface area (Å²) < 4.78 is 0. The van der Waals surface area contributed by atoms with Gasteiger partial charge in [-0.3, -0.25) is 0 Å².